The van der Waals surface area contributed by atoms with Crippen molar-refractivity contribution in [1.29, 1.82) is 0 Å². The van der Waals surface area contributed by atoms with E-state index in [9.17, 15) is 13.2 Å². The maximum absolute atomic E-state index is 11.7. The number of carbonyl (C=O) groups is 1. The zero-order valence-corrected chi connectivity index (χ0v) is 10.8. The highest BCUT2D eigenvalue weighted by Crippen LogP contribution is 2.10. The molecule has 0 aliphatic heterocycles. The van der Waals surface area contributed by atoms with Crippen molar-refractivity contribution in [3.05, 3.63) is 35.4 Å². The van der Waals surface area contributed by atoms with Crippen LogP contribution in [0.5, 0.6) is 0 Å². The molecule has 0 spiro atoms. The molecular formula is C12H17NO4S. The molecule has 0 unspecified atom stereocenters. The van der Waals surface area contributed by atoms with Crippen molar-refractivity contribution in [3.63, 3.8) is 0 Å². The largest absolute Gasteiger partial charge is 0.481 e. The molecule has 0 saturated carbocycles. The lowest BCUT2D eigenvalue weighted by Gasteiger charge is -2.04. The summed E-state index contributed by atoms with van der Waals surface area (Å²) in [5.74, 6) is -1.13. The van der Waals surface area contributed by atoms with Gasteiger partial charge in [0.05, 0.1) is 11.5 Å². The average Bonchev–Trinajstić information content (AvgIpc) is 2.28. The summed E-state index contributed by atoms with van der Waals surface area (Å²) in [5, 5.41) is 8.45. The van der Waals surface area contributed by atoms with Crippen LogP contribution in [-0.2, 0) is 26.9 Å². The third-order valence-corrected chi connectivity index (χ3v) is 4.18. The van der Waals surface area contributed by atoms with E-state index >= 15 is 0 Å². The van der Waals surface area contributed by atoms with Crippen molar-refractivity contribution >= 4 is 15.8 Å². The lowest BCUT2D eigenvalue weighted by Crippen LogP contribution is -2.11. The van der Waals surface area contributed by atoms with Gasteiger partial charge in [-0.15, -0.1) is 0 Å². The number of carboxylic acids is 1. The van der Waals surface area contributed by atoms with Gasteiger partial charge in [0.25, 0.3) is 0 Å². The van der Waals surface area contributed by atoms with Crippen LogP contribution >= 0.6 is 0 Å². The summed E-state index contributed by atoms with van der Waals surface area (Å²) in [5.41, 5.74) is 7.09. The summed E-state index contributed by atoms with van der Waals surface area (Å²) in [6.45, 7) is 0.422. The first-order valence-electron chi connectivity index (χ1n) is 5.63. The Morgan fingerprint density at radius 1 is 1.17 bits per heavy atom. The molecular weight excluding hydrogens is 254 g/mol. The quantitative estimate of drug-likeness (QED) is 0.768. The highest BCUT2D eigenvalue weighted by Gasteiger charge is 2.12. The van der Waals surface area contributed by atoms with Crippen LogP contribution in [-0.4, -0.2) is 25.2 Å². The second-order valence-corrected chi connectivity index (χ2v) is 6.29. The lowest BCUT2D eigenvalue weighted by atomic mass is 10.1. The van der Waals surface area contributed by atoms with E-state index in [4.69, 9.17) is 10.8 Å². The minimum atomic E-state index is -3.24. The molecule has 0 aliphatic carbocycles. The number of hydrogen-bond donors (Lipinski definition) is 2. The van der Waals surface area contributed by atoms with Gasteiger partial charge in [0, 0.05) is 13.0 Å². The summed E-state index contributed by atoms with van der Waals surface area (Å²) in [6, 6.07) is 7.05. The molecule has 0 bridgehead atoms. The van der Waals surface area contributed by atoms with Crippen LogP contribution in [0, 0.1) is 0 Å². The molecule has 0 aromatic heterocycles. The zero-order chi connectivity index (χ0) is 13.6. The molecule has 0 aliphatic rings. The number of hydrogen-bond acceptors (Lipinski definition) is 4. The summed E-state index contributed by atoms with van der Waals surface area (Å²) in [7, 11) is -3.24. The molecule has 1 aromatic rings. The smallest absolute Gasteiger partial charge is 0.303 e. The van der Waals surface area contributed by atoms with Gasteiger partial charge in [0.2, 0.25) is 0 Å². The standard InChI is InChI=1S/C12H17NO4S/c13-8-10-3-5-11(6-4-10)9-18(16,17)7-1-2-12(14)15/h3-6H,1-2,7-9,13H2,(H,14,15). The highest BCUT2D eigenvalue weighted by atomic mass is 32.2. The molecule has 0 heterocycles. The summed E-state index contributed by atoms with van der Waals surface area (Å²) in [6.07, 6.45) is 0.0316. The van der Waals surface area contributed by atoms with E-state index in [2.05, 4.69) is 0 Å². The van der Waals surface area contributed by atoms with Gasteiger partial charge in [0.1, 0.15) is 0 Å². The Labute approximate surface area is 107 Å². The molecule has 100 valence electrons. The second-order valence-electron chi connectivity index (χ2n) is 4.11. The summed E-state index contributed by atoms with van der Waals surface area (Å²) < 4.78 is 23.4. The van der Waals surface area contributed by atoms with E-state index < -0.39 is 15.8 Å². The molecule has 0 atom stereocenters. The number of rotatable bonds is 7. The molecule has 0 radical (unpaired) electrons. The molecule has 1 rings (SSSR count). The molecule has 0 fully saturated rings. The van der Waals surface area contributed by atoms with Crippen molar-refractivity contribution < 1.29 is 18.3 Å². The van der Waals surface area contributed by atoms with Crippen molar-refractivity contribution in [1.82, 2.24) is 0 Å². The second kappa shape index (κ2) is 6.51. The monoisotopic (exact) mass is 271 g/mol. The predicted octanol–water partition coefficient (Wildman–Crippen LogP) is 0.925. The van der Waals surface area contributed by atoms with Gasteiger partial charge < -0.3 is 10.8 Å². The van der Waals surface area contributed by atoms with E-state index in [1.807, 2.05) is 0 Å². The van der Waals surface area contributed by atoms with Crippen molar-refractivity contribution in [2.75, 3.05) is 5.75 Å². The van der Waals surface area contributed by atoms with Gasteiger partial charge in [-0.25, -0.2) is 8.42 Å². The van der Waals surface area contributed by atoms with Crippen LogP contribution in [0.15, 0.2) is 24.3 Å². The van der Waals surface area contributed by atoms with Gasteiger partial charge in [0.15, 0.2) is 9.84 Å². The Bertz CT molecular complexity index is 493. The highest BCUT2D eigenvalue weighted by molar-refractivity contribution is 7.90. The molecule has 6 heteroatoms. The van der Waals surface area contributed by atoms with Gasteiger partial charge in [-0.05, 0) is 17.5 Å². The van der Waals surface area contributed by atoms with Crippen LogP contribution in [0.25, 0.3) is 0 Å². The van der Waals surface area contributed by atoms with Crippen LogP contribution in [0.3, 0.4) is 0 Å². The molecule has 0 amide bonds. The third-order valence-electron chi connectivity index (χ3n) is 2.49. The summed E-state index contributed by atoms with van der Waals surface area (Å²) >= 11 is 0. The van der Waals surface area contributed by atoms with Gasteiger partial charge in [-0.3, -0.25) is 4.79 Å². The Kier molecular flexibility index (Phi) is 5.30. The lowest BCUT2D eigenvalue weighted by molar-refractivity contribution is -0.137. The molecule has 0 saturated heterocycles. The Morgan fingerprint density at radius 3 is 2.22 bits per heavy atom. The van der Waals surface area contributed by atoms with Gasteiger partial charge in [-0.1, -0.05) is 24.3 Å². The fraction of sp³-hybridized carbons (Fsp3) is 0.417. The number of aliphatic carboxylic acids is 1. The number of nitrogens with two attached hydrogens (primary N) is 1. The normalized spacial score (nSPS) is 11.4. The average molecular weight is 271 g/mol. The maximum Gasteiger partial charge on any atom is 0.303 e. The predicted molar refractivity (Wildman–Crippen MR) is 68.7 cm³/mol. The van der Waals surface area contributed by atoms with E-state index in [-0.39, 0.29) is 24.3 Å². The number of benzene rings is 1. The van der Waals surface area contributed by atoms with Crippen molar-refractivity contribution in [3.8, 4) is 0 Å². The molecule has 5 nitrogen and oxygen atoms in total. The minimum absolute atomic E-state index is 0.0581. The Hall–Kier alpha value is -1.40. The first-order valence-corrected chi connectivity index (χ1v) is 7.45. The van der Waals surface area contributed by atoms with E-state index in [1.54, 1.807) is 24.3 Å². The SMILES string of the molecule is NCc1ccc(CS(=O)(=O)CCCC(=O)O)cc1. The van der Waals surface area contributed by atoms with E-state index in [0.29, 0.717) is 12.1 Å². The zero-order valence-electron chi connectivity index (χ0n) is 10.0. The van der Waals surface area contributed by atoms with Crippen LogP contribution in [0.2, 0.25) is 0 Å². The topological polar surface area (TPSA) is 97.5 Å². The Morgan fingerprint density at radius 2 is 1.72 bits per heavy atom. The van der Waals surface area contributed by atoms with E-state index in [1.165, 1.54) is 0 Å². The first kappa shape index (κ1) is 14.7. The third kappa shape index (κ3) is 5.29. The van der Waals surface area contributed by atoms with E-state index in [0.717, 1.165) is 5.56 Å². The Balaban J connectivity index is 2.56. The molecule has 1 aromatic carbocycles. The fourth-order valence-electron chi connectivity index (χ4n) is 1.54. The minimum Gasteiger partial charge on any atom is -0.481 e. The van der Waals surface area contributed by atoms with Crippen LogP contribution in [0.4, 0.5) is 0 Å². The van der Waals surface area contributed by atoms with Crippen LogP contribution in [0.1, 0.15) is 24.0 Å². The van der Waals surface area contributed by atoms with Crippen molar-refractivity contribution in [2.24, 2.45) is 5.73 Å². The van der Waals surface area contributed by atoms with Gasteiger partial charge >= 0.3 is 5.97 Å². The number of sulfone groups is 1. The van der Waals surface area contributed by atoms with Crippen molar-refractivity contribution in [2.45, 2.75) is 25.1 Å². The fourth-order valence-corrected chi connectivity index (χ4v) is 2.97. The van der Waals surface area contributed by atoms with Gasteiger partial charge in [-0.2, -0.15) is 0 Å². The molecule has 18 heavy (non-hydrogen) atoms. The van der Waals surface area contributed by atoms with Crippen LogP contribution < -0.4 is 5.73 Å². The summed E-state index contributed by atoms with van der Waals surface area (Å²) in [4.78, 5) is 10.3. The molecule has 3 N–H and O–H groups in total. The maximum atomic E-state index is 11.7. The number of carboxylic acid groups (broad SMARTS) is 1. The first-order chi connectivity index (χ1) is 8.43.